The summed E-state index contributed by atoms with van der Waals surface area (Å²) in [5, 5.41) is 15.5. The first-order chi connectivity index (χ1) is 13.1. The van der Waals surface area contributed by atoms with E-state index in [0.29, 0.717) is 17.3 Å². The third-order valence-electron chi connectivity index (χ3n) is 4.62. The molecule has 2 aliphatic rings. The second-order valence-electron chi connectivity index (χ2n) is 7.57. The highest BCUT2D eigenvalue weighted by Crippen LogP contribution is 2.29. The van der Waals surface area contributed by atoms with Gasteiger partial charge in [0.2, 0.25) is 5.91 Å². The largest absolute Gasteiger partial charge is 0.475 e. The predicted octanol–water partition coefficient (Wildman–Crippen LogP) is 0.122. The van der Waals surface area contributed by atoms with E-state index in [4.69, 9.17) is 4.74 Å². The number of imide groups is 1. The van der Waals surface area contributed by atoms with Crippen LogP contribution in [0.15, 0.2) is 10.8 Å². The number of β-amino-alcohol motifs (C(OH)–C–C–N with tert-alkyl or cyclic N) is 1. The van der Waals surface area contributed by atoms with Crippen LogP contribution in [0, 0.1) is 5.92 Å². The Morgan fingerprint density at radius 1 is 1.43 bits per heavy atom. The lowest BCUT2D eigenvalue weighted by atomic mass is 10.1. The number of nitrogens with one attached hydrogen (secondary N) is 2. The lowest BCUT2D eigenvalue weighted by molar-refractivity contribution is -0.120. The van der Waals surface area contributed by atoms with Gasteiger partial charge in [-0.05, 0) is 32.2 Å². The fourth-order valence-corrected chi connectivity index (χ4v) is 5.30. The maximum Gasteiger partial charge on any atom is 0.338 e. The van der Waals surface area contributed by atoms with Gasteiger partial charge in [0, 0.05) is 20.0 Å². The monoisotopic (exact) mass is 418 g/mol. The average Bonchev–Trinajstić information content (AvgIpc) is 2.77. The van der Waals surface area contributed by atoms with E-state index < -0.39 is 34.1 Å². The fourth-order valence-electron chi connectivity index (χ4n) is 3.38. The molecule has 0 bridgehead atoms. The number of hydrogen-bond donors (Lipinski definition) is 3. The third-order valence-corrected chi connectivity index (χ3v) is 6.66. The molecule has 3 amide bonds. The number of hydrogen-bond acceptors (Lipinski definition) is 8. The minimum absolute atomic E-state index is 0.00449. The van der Waals surface area contributed by atoms with Crippen LogP contribution in [0.1, 0.15) is 40.0 Å². The highest BCUT2D eigenvalue weighted by Gasteiger charge is 2.44. The van der Waals surface area contributed by atoms with Gasteiger partial charge in [-0.25, -0.2) is 9.10 Å². The average molecular weight is 419 g/mol. The van der Waals surface area contributed by atoms with Gasteiger partial charge in [0.05, 0.1) is 12.1 Å². The molecule has 2 heterocycles. The van der Waals surface area contributed by atoms with Crippen LogP contribution in [0.5, 0.6) is 0 Å². The van der Waals surface area contributed by atoms with Crippen molar-refractivity contribution in [2.24, 2.45) is 5.92 Å². The number of aliphatic hydroxyl groups excluding tert-OH is 1. The Morgan fingerprint density at radius 3 is 2.68 bits per heavy atom. The number of nitrogens with zero attached hydrogens (tertiary/aromatic N) is 2. The Balaban J connectivity index is 2.42. The molecule has 1 saturated heterocycles. The third kappa shape index (κ3) is 4.95. The van der Waals surface area contributed by atoms with Crippen LogP contribution in [-0.4, -0.2) is 73.7 Å². The topological polar surface area (TPSA) is 128 Å². The van der Waals surface area contributed by atoms with Gasteiger partial charge < -0.3 is 20.1 Å². The summed E-state index contributed by atoms with van der Waals surface area (Å²) in [5.41, 5.74) is 0. The van der Waals surface area contributed by atoms with Gasteiger partial charge in [-0.1, -0.05) is 13.8 Å². The molecule has 1 unspecified atom stereocenters. The molecule has 11 heteroatoms. The number of amides is 3. The summed E-state index contributed by atoms with van der Waals surface area (Å²) in [6.45, 7) is 5.92. The van der Waals surface area contributed by atoms with Gasteiger partial charge in [-0.15, -0.1) is 0 Å². The van der Waals surface area contributed by atoms with E-state index in [1.165, 1.54) is 18.9 Å². The zero-order valence-electron chi connectivity index (χ0n) is 16.8. The molecule has 3 N–H and O–H groups in total. The van der Waals surface area contributed by atoms with Crippen molar-refractivity contribution in [2.45, 2.75) is 52.2 Å². The Hall–Kier alpha value is -1.85. The number of sulfonamides is 1. The normalized spacial score (nSPS) is 23.4. The van der Waals surface area contributed by atoms with Gasteiger partial charge in [0.1, 0.15) is 5.76 Å². The first kappa shape index (κ1) is 22.4. The quantitative estimate of drug-likeness (QED) is 0.574. The second-order valence-corrected chi connectivity index (χ2v) is 9.30. The molecule has 10 nitrogen and oxygen atoms in total. The summed E-state index contributed by atoms with van der Waals surface area (Å²) in [7, 11) is -2.82. The van der Waals surface area contributed by atoms with Crippen molar-refractivity contribution in [2.75, 3.05) is 26.9 Å². The molecule has 2 rings (SSSR count). The Labute approximate surface area is 165 Å². The summed E-state index contributed by atoms with van der Waals surface area (Å²) in [4.78, 5) is 26.4. The highest BCUT2D eigenvalue weighted by molar-refractivity contribution is 7.93. The highest BCUT2D eigenvalue weighted by atomic mass is 32.2. The van der Waals surface area contributed by atoms with Crippen LogP contribution in [0.3, 0.4) is 0 Å². The summed E-state index contributed by atoms with van der Waals surface area (Å²) in [6.07, 6.45) is -0.169. The first-order valence-corrected chi connectivity index (χ1v) is 10.8. The van der Waals surface area contributed by atoms with Crippen molar-refractivity contribution in [1.29, 1.82) is 0 Å². The molecule has 0 aliphatic carbocycles. The number of allylic oxidation sites excluding steroid dienone is 1. The van der Waals surface area contributed by atoms with Crippen LogP contribution in [0.4, 0.5) is 4.79 Å². The van der Waals surface area contributed by atoms with E-state index in [-0.39, 0.29) is 42.8 Å². The van der Waals surface area contributed by atoms with E-state index in [1.807, 2.05) is 13.8 Å². The maximum absolute atomic E-state index is 13.4. The summed E-state index contributed by atoms with van der Waals surface area (Å²) >= 11 is 0. The van der Waals surface area contributed by atoms with Gasteiger partial charge in [0.25, 0.3) is 10.0 Å². The Morgan fingerprint density at radius 2 is 2.11 bits per heavy atom. The molecule has 0 spiro atoms. The van der Waals surface area contributed by atoms with Crippen LogP contribution in [0.2, 0.25) is 0 Å². The number of carbonyl (C=O) groups is 2. The van der Waals surface area contributed by atoms with E-state index in [0.717, 1.165) is 0 Å². The number of rotatable bonds is 5. The summed E-state index contributed by atoms with van der Waals surface area (Å²) < 4.78 is 32.7. The van der Waals surface area contributed by atoms with Crippen molar-refractivity contribution >= 4 is 22.0 Å². The van der Waals surface area contributed by atoms with E-state index >= 15 is 0 Å². The minimum Gasteiger partial charge on any atom is -0.475 e. The van der Waals surface area contributed by atoms with Crippen molar-refractivity contribution in [1.82, 2.24) is 19.8 Å². The minimum atomic E-state index is -4.36. The lowest BCUT2D eigenvalue weighted by Gasteiger charge is -2.33. The van der Waals surface area contributed by atoms with Crippen molar-refractivity contribution < 1.29 is 27.9 Å². The summed E-state index contributed by atoms with van der Waals surface area (Å²) in [5.74, 6) is -0.400. The Bertz CT molecular complexity index is 736. The second kappa shape index (κ2) is 9.10. The molecule has 2 atom stereocenters. The molecule has 0 aromatic heterocycles. The molecule has 2 aliphatic heterocycles. The molecule has 0 aromatic rings. The van der Waals surface area contributed by atoms with Gasteiger partial charge in [-0.2, -0.15) is 8.42 Å². The summed E-state index contributed by atoms with van der Waals surface area (Å²) in [6, 6.07) is -2.06. The number of ether oxygens (including phenoxy) is 1. The zero-order valence-corrected chi connectivity index (χ0v) is 17.6. The van der Waals surface area contributed by atoms with Crippen LogP contribution in [-0.2, 0) is 19.6 Å². The predicted molar refractivity (Wildman–Crippen MR) is 102 cm³/mol. The van der Waals surface area contributed by atoms with E-state index in [1.54, 1.807) is 0 Å². The van der Waals surface area contributed by atoms with Crippen molar-refractivity contribution in [3.05, 3.63) is 10.8 Å². The fraction of sp³-hybridized carbons (Fsp3) is 0.765. The lowest BCUT2D eigenvalue weighted by Crippen LogP contribution is -2.56. The maximum atomic E-state index is 13.4. The van der Waals surface area contributed by atoms with Crippen LogP contribution in [0.25, 0.3) is 0 Å². The van der Waals surface area contributed by atoms with Crippen LogP contribution < -0.4 is 10.6 Å². The number of aliphatic hydroxyl groups is 1. The Kier molecular flexibility index (Phi) is 7.29. The number of carbonyl (C=O) groups excluding carboxylic acids is 2. The van der Waals surface area contributed by atoms with Gasteiger partial charge in [0.15, 0.2) is 11.8 Å². The van der Waals surface area contributed by atoms with Crippen LogP contribution >= 0.6 is 0 Å². The zero-order chi connectivity index (χ0) is 21.1. The van der Waals surface area contributed by atoms with E-state index in [2.05, 4.69) is 10.6 Å². The van der Waals surface area contributed by atoms with Crippen molar-refractivity contribution in [3.8, 4) is 0 Å². The molecule has 0 aromatic carbocycles. The molecular weight excluding hydrogens is 388 g/mol. The smallest absolute Gasteiger partial charge is 0.338 e. The SMILES string of the molecule is CC1=C(S(=O)(=O)N(C(=O)NC(=O)CC(C)C)C2CCCNC[C@@H]2O)N(C)CO1. The molecule has 160 valence electrons. The molecule has 0 radical (unpaired) electrons. The van der Waals surface area contributed by atoms with Gasteiger partial charge >= 0.3 is 6.03 Å². The molecular formula is C17H30N4O6S. The molecule has 1 fully saturated rings. The van der Waals surface area contributed by atoms with E-state index in [9.17, 15) is 23.1 Å². The van der Waals surface area contributed by atoms with Crippen molar-refractivity contribution in [3.63, 3.8) is 0 Å². The molecule has 28 heavy (non-hydrogen) atoms. The number of urea groups is 1. The first-order valence-electron chi connectivity index (χ1n) is 9.37. The van der Waals surface area contributed by atoms with Gasteiger partial charge in [-0.3, -0.25) is 10.1 Å². The standard InChI is InChI=1S/C17H30N4O6S/c1-11(2)8-15(23)19-17(24)21(13-6-5-7-18-9-14(13)22)28(25,26)16-12(3)27-10-20(16)4/h11,13-14,18,22H,5-10H2,1-4H3,(H,19,23,24)/t13?,14-/m0/s1. The molecule has 0 saturated carbocycles.